The van der Waals surface area contributed by atoms with Gasteiger partial charge in [0.1, 0.15) is 18.4 Å². The van der Waals surface area contributed by atoms with Crippen molar-refractivity contribution in [2.75, 3.05) is 13.2 Å². The van der Waals surface area contributed by atoms with Crippen molar-refractivity contribution in [2.24, 2.45) is 0 Å². The number of aliphatic hydroxyl groups excluding tert-OH is 1. The molecule has 120 valence electrons. The lowest BCUT2D eigenvalue weighted by molar-refractivity contribution is -0.136. The lowest BCUT2D eigenvalue weighted by Crippen LogP contribution is -2.54. The first-order valence-corrected chi connectivity index (χ1v) is 7.13. The summed E-state index contributed by atoms with van der Waals surface area (Å²) in [6.07, 6.45) is 0.167. The molecular weight excluding hydrogens is 304 g/mol. The predicted molar refractivity (Wildman–Crippen MR) is 75.7 cm³/mol. The topological polar surface area (TPSA) is 113 Å². The molecule has 0 aliphatic carbocycles. The lowest BCUT2D eigenvalue weighted by atomic mass is 10.0. The van der Waals surface area contributed by atoms with E-state index in [2.05, 4.69) is 5.32 Å². The third-order valence-electron chi connectivity index (χ3n) is 3.78. The van der Waals surface area contributed by atoms with E-state index in [9.17, 15) is 19.2 Å². The summed E-state index contributed by atoms with van der Waals surface area (Å²) in [5, 5.41) is 11.0. The lowest BCUT2D eigenvalue weighted by Gasteiger charge is -2.27. The quantitative estimate of drug-likeness (QED) is 0.721. The molecule has 1 aromatic carbocycles. The Morgan fingerprint density at radius 3 is 2.70 bits per heavy atom. The van der Waals surface area contributed by atoms with Gasteiger partial charge in [-0.1, -0.05) is 6.07 Å². The third-order valence-corrected chi connectivity index (χ3v) is 3.78. The Balaban J connectivity index is 1.94. The molecule has 0 aromatic heterocycles. The minimum atomic E-state index is -1.01. The number of nitrogens with zero attached hydrogens (tertiary/aromatic N) is 1. The summed E-state index contributed by atoms with van der Waals surface area (Å²) >= 11 is 0. The van der Waals surface area contributed by atoms with Crippen molar-refractivity contribution in [3.05, 3.63) is 29.3 Å². The molecule has 23 heavy (non-hydrogen) atoms. The van der Waals surface area contributed by atoms with Crippen molar-refractivity contribution in [3.8, 4) is 5.75 Å². The van der Waals surface area contributed by atoms with Crippen molar-refractivity contribution in [2.45, 2.75) is 18.9 Å². The van der Waals surface area contributed by atoms with Gasteiger partial charge in [0, 0.05) is 6.42 Å². The maximum atomic E-state index is 12.6. The molecule has 0 saturated carbocycles. The number of fused-ring (bicyclic) bond motifs is 1. The van der Waals surface area contributed by atoms with Gasteiger partial charge in [0.05, 0.1) is 17.7 Å². The number of aliphatic hydroxyl groups is 1. The highest BCUT2D eigenvalue weighted by Crippen LogP contribution is 2.33. The van der Waals surface area contributed by atoms with Crippen LogP contribution in [0.3, 0.4) is 0 Å². The summed E-state index contributed by atoms with van der Waals surface area (Å²) in [6, 6.07) is 3.55. The van der Waals surface area contributed by atoms with E-state index in [-0.39, 0.29) is 42.9 Å². The van der Waals surface area contributed by atoms with Crippen LogP contribution in [0.2, 0.25) is 0 Å². The maximum Gasteiger partial charge on any atom is 0.266 e. The van der Waals surface area contributed by atoms with Crippen LogP contribution in [0.15, 0.2) is 18.2 Å². The second kappa shape index (κ2) is 5.81. The molecule has 1 saturated heterocycles. The van der Waals surface area contributed by atoms with Crippen LogP contribution in [-0.2, 0) is 9.59 Å². The van der Waals surface area contributed by atoms with Gasteiger partial charge >= 0.3 is 0 Å². The fourth-order valence-electron chi connectivity index (χ4n) is 2.76. The summed E-state index contributed by atoms with van der Waals surface area (Å²) in [7, 11) is 0. The summed E-state index contributed by atoms with van der Waals surface area (Å²) in [6.45, 7) is -0.251. The molecule has 0 unspecified atom stereocenters. The van der Waals surface area contributed by atoms with Gasteiger partial charge in [-0.2, -0.15) is 0 Å². The van der Waals surface area contributed by atoms with Crippen molar-refractivity contribution in [1.29, 1.82) is 0 Å². The predicted octanol–water partition coefficient (Wildman–Crippen LogP) is -0.541. The van der Waals surface area contributed by atoms with Gasteiger partial charge in [0.15, 0.2) is 0 Å². The zero-order valence-electron chi connectivity index (χ0n) is 12.1. The first-order chi connectivity index (χ1) is 11.0. The zero-order chi connectivity index (χ0) is 16.6. The van der Waals surface area contributed by atoms with Crippen molar-refractivity contribution < 1.29 is 29.0 Å². The van der Waals surface area contributed by atoms with Crippen molar-refractivity contribution >= 4 is 23.6 Å². The number of piperidine rings is 1. The number of hydrogen-bond donors (Lipinski definition) is 2. The van der Waals surface area contributed by atoms with E-state index in [0.717, 1.165) is 4.90 Å². The van der Waals surface area contributed by atoms with Gasteiger partial charge in [0.2, 0.25) is 11.8 Å². The van der Waals surface area contributed by atoms with E-state index in [0.29, 0.717) is 0 Å². The van der Waals surface area contributed by atoms with Gasteiger partial charge in [-0.15, -0.1) is 0 Å². The number of rotatable bonds is 4. The molecule has 1 atom stereocenters. The number of benzene rings is 1. The normalized spacial score (nSPS) is 20.6. The molecule has 0 radical (unpaired) electrons. The average molecular weight is 318 g/mol. The number of carbonyl (C=O) groups excluding carboxylic acids is 4. The summed E-state index contributed by atoms with van der Waals surface area (Å²) in [5.41, 5.74) is 0.228. The van der Waals surface area contributed by atoms with E-state index in [1.807, 2.05) is 0 Å². The first-order valence-electron chi connectivity index (χ1n) is 7.13. The minimum absolute atomic E-state index is 0.0175. The molecule has 3 rings (SSSR count). The van der Waals surface area contributed by atoms with Gasteiger partial charge in [0.25, 0.3) is 11.8 Å². The molecule has 1 aromatic rings. The fraction of sp³-hybridized carbons (Fsp3) is 0.333. The molecule has 0 bridgehead atoms. The SMILES string of the molecule is O=C1CC[C@H](N2C(=O)c3cccc(OCCO)c3C2=O)C(=O)N1. The Hall–Kier alpha value is -2.74. The van der Waals surface area contributed by atoms with E-state index < -0.39 is 29.7 Å². The Bertz CT molecular complexity index is 714. The standard InChI is InChI=1S/C15H14N2O6/c18-6-7-23-10-3-1-2-8-12(10)15(22)17(14(8)21)9-4-5-11(19)16-13(9)20/h1-3,9,18H,4-7H2,(H,16,19,20)/t9-/m0/s1. The summed E-state index contributed by atoms with van der Waals surface area (Å²) in [5.74, 6) is -2.12. The van der Waals surface area contributed by atoms with Crippen LogP contribution in [0.25, 0.3) is 0 Å². The smallest absolute Gasteiger partial charge is 0.266 e. The minimum Gasteiger partial charge on any atom is -0.490 e. The monoisotopic (exact) mass is 318 g/mol. The van der Waals surface area contributed by atoms with Crippen LogP contribution in [0.5, 0.6) is 5.75 Å². The number of imide groups is 2. The number of ether oxygens (including phenoxy) is 1. The van der Waals surface area contributed by atoms with E-state index in [4.69, 9.17) is 9.84 Å². The van der Waals surface area contributed by atoms with Gasteiger partial charge < -0.3 is 9.84 Å². The maximum absolute atomic E-state index is 12.6. The van der Waals surface area contributed by atoms with E-state index in [1.54, 1.807) is 6.07 Å². The molecule has 2 aliphatic rings. The van der Waals surface area contributed by atoms with Crippen molar-refractivity contribution in [3.63, 3.8) is 0 Å². The number of amides is 4. The molecule has 0 spiro atoms. The third kappa shape index (κ3) is 2.46. The highest BCUT2D eigenvalue weighted by atomic mass is 16.5. The van der Waals surface area contributed by atoms with E-state index >= 15 is 0 Å². The van der Waals surface area contributed by atoms with Gasteiger partial charge in [-0.25, -0.2) is 0 Å². The molecule has 4 amide bonds. The largest absolute Gasteiger partial charge is 0.490 e. The van der Waals surface area contributed by atoms with Crippen LogP contribution >= 0.6 is 0 Å². The number of hydrogen-bond acceptors (Lipinski definition) is 6. The molecule has 8 heteroatoms. The molecule has 8 nitrogen and oxygen atoms in total. The zero-order valence-corrected chi connectivity index (χ0v) is 12.1. The van der Waals surface area contributed by atoms with E-state index in [1.165, 1.54) is 12.1 Å². The van der Waals surface area contributed by atoms with Gasteiger partial charge in [-0.05, 0) is 18.6 Å². The Morgan fingerprint density at radius 1 is 1.22 bits per heavy atom. The van der Waals surface area contributed by atoms with Crippen molar-refractivity contribution in [1.82, 2.24) is 10.2 Å². The van der Waals surface area contributed by atoms with Crippen LogP contribution in [0.1, 0.15) is 33.6 Å². The van der Waals surface area contributed by atoms with Crippen LogP contribution < -0.4 is 10.1 Å². The molecule has 1 fully saturated rings. The molecule has 2 aliphatic heterocycles. The highest BCUT2D eigenvalue weighted by molar-refractivity contribution is 6.24. The van der Waals surface area contributed by atoms with Crippen LogP contribution in [0, 0.1) is 0 Å². The first kappa shape index (κ1) is 15.2. The Morgan fingerprint density at radius 2 is 2.00 bits per heavy atom. The molecular formula is C15H14N2O6. The fourth-order valence-corrected chi connectivity index (χ4v) is 2.76. The second-order valence-corrected chi connectivity index (χ2v) is 5.20. The highest BCUT2D eigenvalue weighted by Gasteiger charge is 2.45. The number of nitrogens with one attached hydrogen (secondary N) is 1. The Labute approximate surface area is 131 Å². The van der Waals surface area contributed by atoms with Crippen LogP contribution in [0.4, 0.5) is 0 Å². The summed E-state index contributed by atoms with van der Waals surface area (Å²) < 4.78 is 5.29. The van der Waals surface area contributed by atoms with Crippen LogP contribution in [-0.4, -0.2) is 52.9 Å². The van der Waals surface area contributed by atoms with Gasteiger partial charge in [-0.3, -0.25) is 29.4 Å². The summed E-state index contributed by atoms with van der Waals surface area (Å²) in [4.78, 5) is 49.2. The second-order valence-electron chi connectivity index (χ2n) is 5.20. The number of carbonyl (C=O) groups is 4. The molecule has 2 heterocycles. The molecule has 2 N–H and O–H groups in total. The Kier molecular flexibility index (Phi) is 3.83. The average Bonchev–Trinajstić information content (AvgIpc) is 2.78.